The van der Waals surface area contributed by atoms with E-state index in [2.05, 4.69) is 17.2 Å². The number of anilines is 1. The van der Waals surface area contributed by atoms with E-state index in [-0.39, 0.29) is 23.4 Å². The summed E-state index contributed by atoms with van der Waals surface area (Å²) in [6, 6.07) is 10.4. The van der Waals surface area contributed by atoms with E-state index in [1.54, 1.807) is 12.1 Å². The highest BCUT2D eigenvalue weighted by Gasteiger charge is 2.26. The van der Waals surface area contributed by atoms with Crippen LogP contribution >= 0.6 is 0 Å². The van der Waals surface area contributed by atoms with Gasteiger partial charge in [-0.3, -0.25) is 9.59 Å². The third kappa shape index (κ3) is 4.76. The summed E-state index contributed by atoms with van der Waals surface area (Å²) in [6.45, 7) is 3.75. The smallest absolute Gasteiger partial charge is 0.341 e. The van der Waals surface area contributed by atoms with Crippen LogP contribution < -0.4 is 10.6 Å². The number of nitrogens with one attached hydrogen (secondary N) is 2. The Morgan fingerprint density at radius 3 is 2.26 bits per heavy atom. The number of rotatable bonds is 7. The summed E-state index contributed by atoms with van der Waals surface area (Å²) < 4.78 is 47.9. The van der Waals surface area contributed by atoms with Crippen LogP contribution in [0.5, 0.6) is 0 Å². The summed E-state index contributed by atoms with van der Waals surface area (Å²) >= 11 is 0. The Balaban J connectivity index is 2.21. The number of carbonyl (C=O) groups is 2. The normalized spacial score (nSPS) is 11.1. The van der Waals surface area contributed by atoms with Gasteiger partial charge < -0.3 is 10.6 Å². The van der Waals surface area contributed by atoms with Crippen molar-refractivity contribution in [2.75, 3.05) is 11.9 Å². The molecule has 0 unspecified atom stereocenters. The van der Waals surface area contributed by atoms with Crippen molar-refractivity contribution in [1.29, 1.82) is 0 Å². The van der Waals surface area contributed by atoms with Gasteiger partial charge in [-0.05, 0) is 36.4 Å². The SMILES string of the molecule is C=CCNC(=O)c1ccccc1NC(=O)c1ccc(S(=O)(=O)C(F)F)cc1. The zero-order valence-corrected chi connectivity index (χ0v) is 14.8. The standard InChI is InChI=1S/C18H16F2N2O4S/c1-2-11-21-17(24)14-5-3-4-6-15(14)22-16(23)12-7-9-13(10-8-12)27(25,26)18(19)20/h2-10,18H,1,11H2,(H,21,24)(H,22,23). The lowest BCUT2D eigenvalue weighted by Gasteiger charge is -2.11. The second-order valence-electron chi connectivity index (χ2n) is 5.33. The quantitative estimate of drug-likeness (QED) is 0.707. The molecule has 0 aromatic heterocycles. The van der Waals surface area contributed by atoms with E-state index in [0.717, 1.165) is 24.3 Å². The van der Waals surface area contributed by atoms with Crippen LogP contribution in [0.2, 0.25) is 0 Å². The number of hydrogen-bond donors (Lipinski definition) is 2. The van der Waals surface area contributed by atoms with E-state index in [1.807, 2.05) is 0 Å². The van der Waals surface area contributed by atoms with Gasteiger partial charge >= 0.3 is 5.76 Å². The number of sulfone groups is 1. The fourth-order valence-corrected chi connectivity index (χ4v) is 2.86. The van der Waals surface area contributed by atoms with E-state index < -0.39 is 32.3 Å². The zero-order chi connectivity index (χ0) is 20.0. The second kappa shape index (κ2) is 8.54. The monoisotopic (exact) mass is 394 g/mol. The average Bonchev–Trinajstić information content (AvgIpc) is 2.66. The Kier molecular flexibility index (Phi) is 6.40. The summed E-state index contributed by atoms with van der Waals surface area (Å²) in [7, 11) is -4.73. The van der Waals surface area contributed by atoms with Gasteiger partial charge in [0.05, 0.1) is 16.1 Å². The van der Waals surface area contributed by atoms with Crippen molar-refractivity contribution >= 4 is 27.3 Å². The molecule has 0 heterocycles. The van der Waals surface area contributed by atoms with Crippen LogP contribution in [0.25, 0.3) is 0 Å². The molecule has 2 amide bonds. The van der Waals surface area contributed by atoms with Crippen molar-refractivity contribution < 1.29 is 26.8 Å². The van der Waals surface area contributed by atoms with E-state index in [0.29, 0.717) is 0 Å². The zero-order valence-electron chi connectivity index (χ0n) is 14.0. The lowest BCUT2D eigenvalue weighted by Crippen LogP contribution is -2.25. The van der Waals surface area contributed by atoms with E-state index in [4.69, 9.17) is 0 Å². The molecule has 142 valence electrons. The lowest BCUT2D eigenvalue weighted by atomic mass is 10.1. The van der Waals surface area contributed by atoms with Gasteiger partial charge in [0, 0.05) is 12.1 Å². The van der Waals surface area contributed by atoms with Crippen molar-refractivity contribution in [2.24, 2.45) is 0 Å². The molecule has 27 heavy (non-hydrogen) atoms. The first-order valence-corrected chi connectivity index (χ1v) is 9.23. The molecule has 2 rings (SSSR count). The van der Waals surface area contributed by atoms with Gasteiger partial charge in [0.15, 0.2) is 0 Å². The fraction of sp³-hybridized carbons (Fsp3) is 0.111. The Hall–Kier alpha value is -3.07. The molecule has 0 aliphatic heterocycles. The van der Waals surface area contributed by atoms with Crippen molar-refractivity contribution in [2.45, 2.75) is 10.7 Å². The van der Waals surface area contributed by atoms with Crippen LogP contribution in [0.4, 0.5) is 14.5 Å². The van der Waals surface area contributed by atoms with Gasteiger partial charge in [-0.2, -0.15) is 8.78 Å². The highest BCUT2D eigenvalue weighted by atomic mass is 32.2. The predicted molar refractivity (Wildman–Crippen MR) is 96.6 cm³/mol. The van der Waals surface area contributed by atoms with Gasteiger partial charge in [0.1, 0.15) is 0 Å². The van der Waals surface area contributed by atoms with Crippen molar-refractivity contribution in [3.8, 4) is 0 Å². The van der Waals surface area contributed by atoms with Gasteiger partial charge in [0.25, 0.3) is 11.8 Å². The maximum atomic E-state index is 12.5. The summed E-state index contributed by atoms with van der Waals surface area (Å²) in [6.07, 6.45) is 1.51. The largest absolute Gasteiger partial charge is 0.349 e. The molecule has 0 spiro atoms. The molecule has 0 aliphatic rings. The summed E-state index contributed by atoms with van der Waals surface area (Å²) in [4.78, 5) is 23.9. The number of benzene rings is 2. The summed E-state index contributed by atoms with van der Waals surface area (Å²) in [5.41, 5.74) is 0.516. The molecule has 0 fully saturated rings. The Bertz CT molecular complexity index is 958. The number of para-hydroxylation sites is 1. The molecule has 0 saturated carbocycles. The van der Waals surface area contributed by atoms with Crippen LogP contribution in [-0.2, 0) is 9.84 Å². The first-order valence-electron chi connectivity index (χ1n) is 7.69. The van der Waals surface area contributed by atoms with Crippen molar-refractivity contribution in [3.63, 3.8) is 0 Å². The van der Waals surface area contributed by atoms with Crippen LogP contribution in [0.3, 0.4) is 0 Å². The van der Waals surface area contributed by atoms with Crippen LogP contribution in [0.1, 0.15) is 20.7 Å². The molecule has 0 saturated heterocycles. The molecule has 9 heteroatoms. The fourth-order valence-electron chi connectivity index (χ4n) is 2.14. The van der Waals surface area contributed by atoms with Crippen molar-refractivity contribution in [1.82, 2.24) is 5.32 Å². The Morgan fingerprint density at radius 1 is 1.04 bits per heavy atom. The molecular weight excluding hydrogens is 378 g/mol. The number of hydrogen-bond acceptors (Lipinski definition) is 4. The molecule has 0 aliphatic carbocycles. The highest BCUT2D eigenvalue weighted by molar-refractivity contribution is 7.91. The molecule has 0 atom stereocenters. The molecule has 6 nitrogen and oxygen atoms in total. The average molecular weight is 394 g/mol. The first-order chi connectivity index (χ1) is 12.8. The summed E-state index contributed by atoms with van der Waals surface area (Å²) in [5, 5.41) is 5.13. The molecule has 2 aromatic carbocycles. The van der Waals surface area contributed by atoms with Crippen LogP contribution in [0.15, 0.2) is 66.1 Å². The first kappa shape index (κ1) is 20.2. The second-order valence-corrected chi connectivity index (χ2v) is 7.25. The van der Waals surface area contributed by atoms with Gasteiger partial charge in [0.2, 0.25) is 9.84 Å². The minimum absolute atomic E-state index is 0.0459. The van der Waals surface area contributed by atoms with Crippen molar-refractivity contribution in [3.05, 3.63) is 72.3 Å². The number of amides is 2. The van der Waals surface area contributed by atoms with Crippen LogP contribution in [-0.4, -0.2) is 32.5 Å². The molecule has 0 bridgehead atoms. The minimum Gasteiger partial charge on any atom is -0.349 e. The van der Waals surface area contributed by atoms with Gasteiger partial charge in [-0.1, -0.05) is 18.2 Å². The van der Waals surface area contributed by atoms with Crippen LogP contribution in [0, 0.1) is 0 Å². The van der Waals surface area contributed by atoms with E-state index >= 15 is 0 Å². The Morgan fingerprint density at radius 2 is 1.67 bits per heavy atom. The lowest BCUT2D eigenvalue weighted by molar-refractivity contribution is 0.0959. The van der Waals surface area contributed by atoms with E-state index in [1.165, 1.54) is 18.2 Å². The number of carbonyl (C=O) groups excluding carboxylic acids is 2. The summed E-state index contributed by atoms with van der Waals surface area (Å²) in [5.74, 6) is -4.58. The number of halogens is 2. The topological polar surface area (TPSA) is 92.3 Å². The molecule has 2 N–H and O–H groups in total. The Labute approximate surface area is 154 Å². The molecular formula is C18H16F2N2O4S. The maximum Gasteiger partial charge on any atom is 0.341 e. The third-order valence-corrected chi connectivity index (χ3v) is 4.90. The predicted octanol–water partition coefficient (Wildman–Crippen LogP) is 2.85. The number of alkyl halides is 2. The third-order valence-electron chi connectivity index (χ3n) is 3.51. The maximum absolute atomic E-state index is 12.5. The van der Waals surface area contributed by atoms with Gasteiger partial charge in [-0.25, -0.2) is 8.42 Å². The molecule has 2 aromatic rings. The van der Waals surface area contributed by atoms with Gasteiger partial charge in [-0.15, -0.1) is 6.58 Å². The van der Waals surface area contributed by atoms with E-state index in [9.17, 15) is 26.8 Å². The minimum atomic E-state index is -4.73. The molecule has 0 radical (unpaired) electrons. The highest BCUT2D eigenvalue weighted by Crippen LogP contribution is 2.20.